The van der Waals surface area contributed by atoms with Crippen LogP contribution in [0, 0.1) is 0 Å². The van der Waals surface area contributed by atoms with Crippen molar-refractivity contribution in [2.45, 2.75) is 25.3 Å². The number of carbonyl (C=O) groups excluding carboxylic acids is 1. The summed E-state index contributed by atoms with van der Waals surface area (Å²) in [4.78, 5) is 27.9. The van der Waals surface area contributed by atoms with Crippen LogP contribution in [0.5, 0.6) is 0 Å². The van der Waals surface area contributed by atoms with Gasteiger partial charge in [-0.15, -0.1) is 11.3 Å². The van der Waals surface area contributed by atoms with Crippen molar-refractivity contribution in [3.05, 3.63) is 58.7 Å². The molecule has 1 amide bonds. The minimum atomic E-state index is -0.106. The third-order valence-electron chi connectivity index (χ3n) is 4.91. The Morgan fingerprint density at radius 2 is 2.26 bits per heavy atom. The zero-order valence-electron chi connectivity index (χ0n) is 15.2. The summed E-state index contributed by atoms with van der Waals surface area (Å²) in [6, 6.07) is 3.63. The fraction of sp³-hybridized carbons (Fsp3) is 0.368. The van der Waals surface area contributed by atoms with Gasteiger partial charge in [-0.1, -0.05) is 0 Å². The average Bonchev–Trinajstić information content (AvgIpc) is 3.40. The van der Waals surface area contributed by atoms with Crippen LogP contribution in [0.3, 0.4) is 0 Å². The number of piperidine rings is 1. The molecule has 3 aromatic rings. The third-order valence-corrected chi connectivity index (χ3v) is 5.54. The predicted molar refractivity (Wildman–Crippen MR) is 105 cm³/mol. The molecular weight excluding hydrogens is 360 g/mol. The topological polar surface area (TPSA) is 75.9 Å². The van der Waals surface area contributed by atoms with Crippen LogP contribution in [-0.4, -0.2) is 45.6 Å². The quantitative estimate of drug-likeness (QED) is 0.734. The smallest absolute Gasteiger partial charge is 0.254 e. The summed E-state index contributed by atoms with van der Waals surface area (Å²) >= 11 is 1.61. The second kappa shape index (κ2) is 7.87. The largest absolute Gasteiger partial charge is 0.355 e. The van der Waals surface area contributed by atoms with Crippen molar-refractivity contribution in [3.8, 4) is 0 Å². The zero-order chi connectivity index (χ0) is 18.6. The molecule has 7 nitrogen and oxygen atoms in total. The molecule has 0 saturated carbocycles. The van der Waals surface area contributed by atoms with Crippen molar-refractivity contribution in [2.24, 2.45) is 0 Å². The van der Waals surface area contributed by atoms with Gasteiger partial charge in [0, 0.05) is 50.0 Å². The lowest BCUT2D eigenvalue weighted by Gasteiger charge is -2.34. The minimum Gasteiger partial charge on any atom is -0.355 e. The lowest BCUT2D eigenvalue weighted by molar-refractivity contribution is 0.0963. The highest BCUT2D eigenvalue weighted by atomic mass is 32.1. The van der Waals surface area contributed by atoms with Crippen LogP contribution < -0.4 is 10.2 Å². The molecule has 1 fully saturated rings. The normalized spacial score (nSPS) is 17.1. The molecule has 1 aliphatic rings. The van der Waals surface area contributed by atoms with Gasteiger partial charge in [-0.2, -0.15) is 0 Å². The van der Waals surface area contributed by atoms with E-state index in [1.807, 2.05) is 24.0 Å². The number of hydrogen-bond donors (Lipinski definition) is 1. The van der Waals surface area contributed by atoms with Crippen molar-refractivity contribution in [2.75, 3.05) is 25.0 Å². The van der Waals surface area contributed by atoms with E-state index in [1.54, 1.807) is 30.6 Å². The Hall–Kier alpha value is -2.74. The Morgan fingerprint density at radius 1 is 1.33 bits per heavy atom. The molecule has 1 saturated heterocycles. The number of thiazole rings is 1. The van der Waals surface area contributed by atoms with Crippen LogP contribution in [0.25, 0.3) is 0 Å². The van der Waals surface area contributed by atoms with E-state index in [0.717, 1.165) is 49.8 Å². The Labute approximate surface area is 162 Å². The van der Waals surface area contributed by atoms with E-state index < -0.39 is 0 Å². The number of nitrogens with one attached hydrogen (secondary N) is 1. The van der Waals surface area contributed by atoms with Crippen LogP contribution in [0.15, 0.2) is 41.6 Å². The fourth-order valence-corrected chi connectivity index (χ4v) is 4.20. The molecule has 1 aliphatic heterocycles. The maximum Gasteiger partial charge on any atom is 0.254 e. The van der Waals surface area contributed by atoms with Gasteiger partial charge in [0.25, 0.3) is 5.91 Å². The molecule has 0 radical (unpaired) electrons. The summed E-state index contributed by atoms with van der Waals surface area (Å²) in [5, 5.41) is 4.78. The Morgan fingerprint density at radius 3 is 3.07 bits per heavy atom. The monoisotopic (exact) mass is 382 g/mol. The number of rotatable bonds is 5. The van der Waals surface area contributed by atoms with Crippen molar-refractivity contribution < 1.29 is 4.79 Å². The van der Waals surface area contributed by atoms with Gasteiger partial charge in [-0.25, -0.2) is 15.0 Å². The Balaban J connectivity index is 1.56. The van der Waals surface area contributed by atoms with Crippen LogP contribution in [0.4, 0.5) is 5.82 Å². The van der Waals surface area contributed by atoms with Crippen LogP contribution in [0.1, 0.15) is 40.6 Å². The number of hydrogen-bond acceptors (Lipinski definition) is 6. The maximum absolute atomic E-state index is 12.2. The van der Waals surface area contributed by atoms with Crippen molar-refractivity contribution >= 4 is 23.1 Å². The lowest BCUT2D eigenvalue weighted by atomic mass is 9.96. The van der Waals surface area contributed by atoms with Crippen molar-refractivity contribution in [1.29, 1.82) is 0 Å². The summed E-state index contributed by atoms with van der Waals surface area (Å²) in [6.07, 6.45) is 7.74. The Kier molecular flexibility index (Phi) is 5.15. The molecule has 4 heterocycles. The first kappa shape index (κ1) is 17.7. The molecule has 140 valence electrons. The highest BCUT2D eigenvalue weighted by Gasteiger charge is 2.27. The number of imidazole rings is 1. The standard InChI is InChI=1S/C19H22N6OS/c1-20-19(26)16-5-2-6-21-18(16)24-8-3-4-14(10-24)17-22-7-9-25(17)11-15-12-27-13-23-15/h2,5-7,9,12-14H,3-4,8,10-11H2,1H3,(H,20,26). The molecule has 0 spiro atoms. The first-order chi connectivity index (χ1) is 13.3. The summed E-state index contributed by atoms with van der Waals surface area (Å²) in [5.41, 5.74) is 3.53. The van der Waals surface area contributed by atoms with E-state index in [1.165, 1.54) is 0 Å². The predicted octanol–water partition coefficient (Wildman–Crippen LogP) is 2.53. The molecule has 8 heteroatoms. The van der Waals surface area contributed by atoms with Gasteiger partial charge >= 0.3 is 0 Å². The maximum atomic E-state index is 12.2. The van der Waals surface area contributed by atoms with Crippen molar-refractivity contribution in [3.63, 3.8) is 0 Å². The second-order valence-electron chi connectivity index (χ2n) is 6.63. The van der Waals surface area contributed by atoms with E-state index in [-0.39, 0.29) is 5.91 Å². The number of anilines is 1. The molecule has 0 aliphatic carbocycles. The summed E-state index contributed by atoms with van der Waals surface area (Å²) < 4.78 is 2.18. The molecule has 27 heavy (non-hydrogen) atoms. The van der Waals surface area contributed by atoms with Gasteiger partial charge in [0.15, 0.2) is 0 Å². The van der Waals surface area contributed by atoms with E-state index in [9.17, 15) is 4.79 Å². The van der Waals surface area contributed by atoms with E-state index in [2.05, 4.69) is 35.1 Å². The van der Waals surface area contributed by atoms with Gasteiger partial charge < -0.3 is 14.8 Å². The van der Waals surface area contributed by atoms with Crippen LogP contribution in [-0.2, 0) is 6.54 Å². The lowest BCUT2D eigenvalue weighted by Crippen LogP contribution is -2.37. The van der Waals surface area contributed by atoms with Gasteiger partial charge in [0.05, 0.1) is 23.3 Å². The first-order valence-electron chi connectivity index (χ1n) is 9.06. The summed E-state index contributed by atoms with van der Waals surface area (Å²) in [6.45, 7) is 2.43. The average molecular weight is 382 g/mol. The highest BCUT2D eigenvalue weighted by molar-refractivity contribution is 7.07. The van der Waals surface area contributed by atoms with Crippen LogP contribution in [0.2, 0.25) is 0 Å². The van der Waals surface area contributed by atoms with E-state index in [0.29, 0.717) is 11.5 Å². The number of amides is 1. The van der Waals surface area contributed by atoms with Gasteiger partial charge in [0.1, 0.15) is 11.6 Å². The second-order valence-corrected chi connectivity index (χ2v) is 7.35. The number of carbonyl (C=O) groups is 1. The Bertz CT molecular complexity index is 907. The van der Waals surface area contributed by atoms with Gasteiger partial charge in [-0.05, 0) is 25.0 Å². The summed E-state index contributed by atoms with van der Waals surface area (Å²) in [5.74, 6) is 2.02. The number of pyridine rings is 1. The van der Waals surface area contributed by atoms with E-state index >= 15 is 0 Å². The number of nitrogens with zero attached hydrogens (tertiary/aromatic N) is 5. The first-order valence-corrected chi connectivity index (χ1v) is 10.0. The van der Waals surface area contributed by atoms with Crippen molar-refractivity contribution in [1.82, 2.24) is 24.8 Å². The van der Waals surface area contributed by atoms with Crippen LogP contribution >= 0.6 is 11.3 Å². The highest BCUT2D eigenvalue weighted by Crippen LogP contribution is 2.30. The minimum absolute atomic E-state index is 0.106. The molecule has 1 unspecified atom stereocenters. The SMILES string of the molecule is CNC(=O)c1cccnc1N1CCCC(c2nccn2Cc2cscn2)C1. The molecule has 0 aromatic carbocycles. The third kappa shape index (κ3) is 3.71. The zero-order valence-corrected chi connectivity index (χ0v) is 16.0. The molecular formula is C19H22N6OS. The number of aromatic nitrogens is 4. The van der Waals surface area contributed by atoms with Gasteiger partial charge in [0.2, 0.25) is 0 Å². The molecule has 0 bridgehead atoms. The van der Waals surface area contributed by atoms with Gasteiger partial charge in [-0.3, -0.25) is 4.79 Å². The molecule has 4 rings (SSSR count). The molecule has 1 N–H and O–H groups in total. The van der Waals surface area contributed by atoms with E-state index in [4.69, 9.17) is 0 Å². The summed E-state index contributed by atoms with van der Waals surface area (Å²) in [7, 11) is 1.65. The molecule has 3 aromatic heterocycles. The fourth-order valence-electron chi connectivity index (χ4n) is 3.65. The molecule has 1 atom stereocenters.